The van der Waals surface area contributed by atoms with E-state index in [-0.39, 0.29) is 39.3 Å². The number of hydrogen-bond donors (Lipinski definition) is 19. The first-order valence-corrected chi connectivity index (χ1v) is 21.5. The van der Waals surface area contributed by atoms with E-state index in [1.54, 1.807) is 0 Å². The molecule has 31 nitrogen and oxygen atoms in total. The molecule has 6 rings (SSSR count). The summed E-state index contributed by atoms with van der Waals surface area (Å²) in [6.45, 7) is -4.82. The molecule has 0 aliphatic carbocycles. The van der Waals surface area contributed by atoms with Crippen LogP contribution in [0.3, 0.4) is 0 Å². The average Bonchev–Trinajstić information content (AvgIpc) is 3.32. The molecule has 0 aromatic heterocycles. The molecular weight excluding hydrogens is 1030 g/mol. The summed E-state index contributed by atoms with van der Waals surface area (Å²) in [6.07, 6.45) is -55.1. The molecule has 19 N–H and O–H groups in total. The van der Waals surface area contributed by atoms with Crippen molar-refractivity contribution in [2.24, 2.45) is 0 Å². The molecule has 0 aromatic carbocycles. The minimum absolute atomic E-state index is 0. The summed E-state index contributed by atoms with van der Waals surface area (Å²) >= 11 is 0. The van der Waals surface area contributed by atoms with Crippen LogP contribution in [-0.4, -0.2) is 328 Å². The second kappa shape index (κ2) is 26.1. The van der Waals surface area contributed by atoms with Gasteiger partial charge in [0, 0.05) is 39.8 Å². The topological polar surface area (TPSA) is 495 Å². The van der Waals surface area contributed by atoms with Crippen molar-refractivity contribution in [3.63, 3.8) is 0 Å². The molecule has 0 saturated carbocycles. The summed E-state index contributed by atoms with van der Waals surface area (Å²) in [6, 6.07) is 0. The Morgan fingerprint density at radius 1 is 0.304 bits per heavy atom. The largest absolute Gasteiger partial charge is 0.394 e. The van der Waals surface area contributed by atoms with Crippen LogP contribution in [-0.2, 0) is 89.6 Å². The second-order valence-corrected chi connectivity index (χ2v) is 17.1. The van der Waals surface area contributed by atoms with Gasteiger partial charge in [-0.25, -0.2) is 0 Å². The second-order valence-electron chi connectivity index (χ2n) is 17.1. The molecule has 401 valence electrons. The van der Waals surface area contributed by atoms with Gasteiger partial charge in [0.25, 0.3) is 0 Å². The minimum Gasteiger partial charge on any atom is -0.394 e. The maximum atomic E-state index is 11.2. The van der Waals surface area contributed by atoms with E-state index < -0.39 is 217 Å². The average molecular weight is 1090 g/mol. The first kappa shape index (κ1) is 59.7. The third-order valence-corrected chi connectivity index (χ3v) is 12.6. The van der Waals surface area contributed by atoms with Crippen LogP contribution < -0.4 is 0 Å². The Morgan fingerprint density at radius 2 is 0.580 bits per heavy atom. The van der Waals surface area contributed by atoms with Crippen molar-refractivity contribution in [1.29, 1.82) is 0 Å². The van der Waals surface area contributed by atoms with E-state index in [1.165, 1.54) is 7.11 Å². The Hall–Kier alpha value is -0.136. The molecule has 6 aliphatic rings. The van der Waals surface area contributed by atoms with E-state index in [1.807, 2.05) is 0 Å². The molecule has 0 spiro atoms. The Morgan fingerprint density at radius 3 is 0.928 bits per heavy atom. The molecule has 6 saturated heterocycles. The van der Waals surface area contributed by atoms with Gasteiger partial charge in [-0.3, -0.25) is 0 Å². The predicted molar refractivity (Wildman–Crippen MR) is 204 cm³/mol. The van der Waals surface area contributed by atoms with Gasteiger partial charge in [0.2, 0.25) is 0 Å². The van der Waals surface area contributed by atoms with Crippen LogP contribution in [0.4, 0.5) is 0 Å². The SMILES string of the molecule is COCC1O[C@H](O[C@@H]2C(CO)O[C@H](O[C@@H]3C(CO)O[C@H](OCC4O[C@H](O[C@@H]5C(CO)O[C@H](O[C@@H]6C(CO)OC(O)C(O)[C@H]6O)C(O)[C@H]5O)C(O)[C@@H](O)[C@@H]4O)C(O)[C@H]3O)C(O)[C@H]2O)C(O)[C@@H](O)[C@@H]1O.[Y]. The summed E-state index contributed by atoms with van der Waals surface area (Å²) in [5.41, 5.74) is 0. The smallest absolute Gasteiger partial charge is 0.187 e. The van der Waals surface area contributed by atoms with Gasteiger partial charge in [0.1, 0.15) is 146 Å². The Balaban J connectivity index is 0.00000888. The predicted octanol–water partition coefficient (Wildman–Crippen LogP) is -13.4. The van der Waals surface area contributed by atoms with Gasteiger partial charge in [-0.05, 0) is 0 Å². The fourth-order valence-corrected chi connectivity index (χ4v) is 8.57. The van der Waals surface area contributed by atoms with Gasteiger partial charge in [0.05, 0.1) is 39.6 Å². The summed E-state index contributed by atoms with van der Waals surface area (Å²) in [5.74, 6) is 0. The number of methoxy groups -OCH3 is 1. The molecule has 1 radical (unpaired) electrons. The fraction of sp³-hybridized carbons (Fsp3) is 1.00. The number of aliphatic hydroxyl groups is 19. The molecule has 6 aliphatic heterocycles. The van der Waals surface area contributed by atoms with Crippen molar-refractivity contribution < 1.29 is 187 Å². The maximum Gasteiger partial charge on any atom is 0.187 e. The first-order valence-electron chi connectivity index (χ1n) is 21.5. The van der Waals surface area contributed by atoms with Gasteiger partial charge < -0.3 is 154 Å². The number of hydrogen-bond acceptors (Lipinski definition) is 31. The van der Waals surface area contributed by atoms with Gasteiger partial charge in [0.15, 0.2) is 37.7 Å². The van der Waals surface area contributed by atoms with Crippen molar-refractivity contribution in [1.82, 2.24) is 0 Å². The molecule has 32 heteroatoms. The summed E-state index contributed by atoms with van der Waals surface area (Å²) in [5, 5.41) is 200. The van der Waals surface area contributed by atoms with Crippen molar-refractivity contribution in [2.45, 2.75) is 184 Å². The standard InChI is InChI=1S/C37H64O31.Y/c1-57-6-12-14(42)16(44)23(51)34(63-12)66-30-10(4-40)62-37(27(55)21(30)49)68-29-9(3-39)60-33(25(53)19(29)47)58-7-13-15(43)17(45)24(52)35(64-13)67-31-11(5-41)61-36(26(54)20(31)48)65-28-8(2-38)59-32(56)22(50)18(28)46;/h8-56H,2-7H2,1H3;/t8?,9?,10?,11?,12?,13?,14-,15-,16+,17+,18-,19-,20-,21-,22?,23?,24?,25?,26?,27?,28-,29-,30-,31-,32?,33+,34-,35-,36-,37-;/m1./s1. The van der Waals surface area contributed by atoms with E-state index in [0.29, 0.717) is 0 Å². The van der Waals surface area contributed by atoms with Crippen LogP contribution in [0.5, 0.6) is 0 Å². The molecule has 13 unspecified atom stereocenters. The third-order valence-electron chi connectivity index (χ3n) is 12.6. The molecule has 6 heterocycles. The van der Waals surface area contributed by atoms with Crippen molar-refractivity contribution in [2.75, 3.05) is 46.8 Å². The van der Waals surface area contributed by atoms with Crippen LogP contribution in [0, 0.1) is 0 Å². The van der Waals surface area contributed by atoms with E-state index >= 15 is 0 Å². The number of ether oxygens (including phenoxy) is 12. The zero-order chi connectivity index (χ0) is 50.0. The van der Waals surface area contributed by atoms with Crippen molar-refractivity contribution in [3.05, 3.63) is 0 Å². The Kier molecular flexibility index (Phi) is 22.6. The molecule has 69 heavy (non-hydrogen) atoms. The normalized spacial score (nSPS) is 52.0. The van der Waals surface area contributed by atoms with Gasteiger partial charge in [-0.2, -0.15) is 0 Å². The summed E-state index contributed by atoms with van der Waals surface area (Å²) in [7, 11) is 1.27. The van der Waals surface area contributed by atoms with Crippen LogP contribution in [0.2, 0.25) is 0 Å². The zero-order valence-corrected chi connectivity index (χ0v) is 39.4. The van der Waals surface area contributed by atoms with Crippen LogP contribution >= 0.6 is 0 Å². The van der Waals surface area contributed by atoms with E-state index in [0.717, 1.165) is 0 Å². The Labute approximate surface area is 416 Å². The number of rotatable bonds is 17. The Bertz CT molecular complexity index is 1530. The maximum absolute atomic E-state index is 11.2. The van der Waals surface area contributed by atoms with Gasteiger partial charge >= 0.3 is 0 Å². The van der Waals surface area contributed by atoms with E-state index in [4.69, 9.17) is 56.8 Å². The minimum atomic E-state index is -2.09. The van der Waals surface area contributed by atoms with Crippen LogP contribution in [0.1, 0.15) is 0 Å². The molecule has 30 atom stereocenters. The van der Waals surface area contributed by atoms with Crippen molar-refractivity contribution >= 4 is 0 Å². The fourth-order valence-electron chi connectivity index (χ4n) is 8.57. The van der Waals surface area contributed by atoms with Gasteiger partial charge in [-0.1, -0.05) is 0 Å². The van der Waals surface area contributed by atoms with Gasteiger partial charge in [-0.15, -0.1) is 0 Å². The van der Waals surface area contributed by atoms with E-state index in [9.17, 15) is 97.0 Å². The van der Waals surface area contributed by atoms with E-state index in [2.05, 4.69) is 0 Å². The summed E-state index contributed by atoms with van der Waals surface area (Å²) in [4.78, 5) is 0. The number of aliphatic hydroxyl groups excluding tert-OH is 19. The third kappa shape index (κ3) is 12.8. The van der Waals surface area contributed by atoms with Crippen molar-refractivity contribution in [3.8, 4) is 0 Å². The zero-order valence-electron chi connectivity index (χ0n) is 36.5. The molecule has 0 amide bonds. The molecule has 0 aromatic rings. The summed E-state index contributed by atoms with van der Waals surface area (Å²) < 4.78 is 65.7. The first-order chi connectivity index (χ1) is 32.2. The molecular formula is C37H64O31Y. The van der Waals surface area contributed by atoms with Crippen LogP contribution in [0.25, 0.3) is 0 Å². The molecule has 0 bridgehead atoms. The quantitative estimate of drug-likeness (QED) is 0.0643. The monoisotopic (exact) mass is 1090 g/mol. The molecule has 6 fully saturated rings. The van der Waals surface area contributed by atoms with Crippen LogP contribution in [0.15, 0.2) is 0 Å².